The van der Waals surface area contributed by atoms with Crippen LogP contribution in [0.15, 0.2) is 67.1 Å². The molecule has 3 atom stereocenters. The predicted octanol–water partition coefficient (Wildman–Crippen LogP) is 8.57. The second-order valence-electron chi connectivity index (χ2n) is 15.9. The van der Waals surface area contributed by atoms with Gasteiger partial charge in [-0.25, -0.2) is 4.79 Å². The maximum absolute atomic E-state index is 13.0. The number of ether oxygens (including phenoxy) is 1. The molecule has 1 fully saturated rings. The van der Waals surface area contributed by atoms with E-state index in [1.165, 1.54) is 46.4 Å². The van der Waals surface area contributed by atoms with E-state index in [-0.39, 0.29) is 5.41 Å². The van der Waals surface area contributed by atoms with Crippen LogP contribution in [0.5, 0.6) is 5.75 Å². The van der Waals surface area contributed by atoms with Crippen LogP contribution in [0, 0.1) is 11.8 Å². The van der Waals surface area contributed by atoms with Crippen molar-refractivity contribution >= 4 is 23.3 Å². The van der Waals surface area contributed by atoms with Crippen molar-refractivity contribution in [2.45, 2.75) is 102 Å². The summed E-state index contributed by atoms with van der Waals surface area (Å²) in [4.78, 5) is 20.0. The van der Waals surface area contributed by atoms with E-state index >= 15 is 0 Å². The highest BCUT2D eigenvalue weighted by molar-refractivity contribution is 6.30. The number of hydrogen-bond acceptors (Lipinski definition) is 6. The second kappa shape index (κ2) is 14.6. The van der Waals surface area contributed by atoms with Crippen LogP contribution in [0.4, 0.5) is 5.69 Å². The summed E-state index contributed by atoms with van der Waals surface area (Å²) in [6, 6.07) is 16.5. The maximum atomic E-state index is 13.0. The lowest BCUT2D eigenvalue weighted by Crippen LogP contribution is -2.53. The van der Waals surface area contributed by atoms with Crippen LogP contribution in [0.1, 0.15) is 98.2 Å². The minimum atomic E-state index is -1.04. The zero-order chi connectivity index (χ0) is 35.8. The van der Waals surface area contributed by atoms with Gasteiger partial charge in [-0.2, -0.15) is 5.10 Å². The third-order valence-corrected chi connectivity index (χ3v) is 12.3. The first-order valence-electron chi connectivity index (χ1n) is 18.7. The number of carboxylic acids is 1. The fraction of sp³-hybridized carbons (Fsp3) is 0.500. The van der Waals surface area contributed by atoms with E-state index in [9.17, 15) is 9.90 Å². The highest BCUT2D eigenvalue weighted by Gasteiger charge is 2.54. The first kappa shape index (κ1) is 35.5. The molecule has 0 saturated heterocycles. The van der Waals surface area contributed by atoms with E-state index in [1.54, 1.807) is 0 Å². The number of carboxylic acid groups (broad SMARTS) is 1. The van der Waals surface area contributed by atoms with Crippen LogP contribution in [0.3, 0.4) is 0 Å². The first-order valence-corrected chi connectivity index (χ1v) is 19.1. The molecule has 1 unspecified atom stereocenters. The van der Waals surface area contributed by atoms with Crippen LogP contribution in [-0.4, -0.2) is 49.9 Å². The average Bonchev–Trinajstić information content (AvgIpc) is 3.64. The molecule has 0 aliphatic heterocycles. The molecule has 2 aromatic carbocycles. The molecule has 7 rings (SSSR count). The number of aliphatic carboxylic acids is 1. The van der Waals surface area contributed by atoms with Crippen molar-refractivity contribution in [1.82, 2.24) is 19.7 Å². The largest absolute Gasteiger partial charge is 0.493 e. The number of nitrogens with zero attached hydrogens (tertiary/aromatic N) is 4. The van der Waals surface area contributed by atoms with Gasteiger partial charge < -0.3 is 15.2 Å². The molecular weight excluding hydrogens is 658 g/mol. The SMILES string of the molecule is C[C@@H](COc1ccnc2c1[C@H](C)CCC2)CC1Cc2ccc(CN(C)Cc3cnn(C)c3)cc2C12CCC(Nc1cccc(Cl)c1)(C(=O)O)CC2. The Morgan fingerprint density at radius 2 is 1.94 bits per heavy atom. The Balaban J connectivity index is 1.13. The number of fused-ring (bicyclic) bond motifs is 3. The molecule has 4 aromatic rings. The average molecular weight is 710 g/mol. The topological polar surface area (TPSA) is 92.5 Å². The Hall–Kier alpha value is -3.88. The van der Waals surface area contributed by atoms with Gasteiger partial charge in [-0.1, -0.05) is 49.7 Å². The standard InChI is InChI=1S/C42H52ClN5O3/c1-28(27-51-38-13-18-44-37-10-5-7-29(2)39(37)38)19-33-21-32-12-11-30(24-47(3)25-31-23-45-48(4)26-31)20-36(32)41(33)14-16-42(17-15-41,40(49)50)46-35-9-6-8-34(43)22-35/h6,8-9,11-13,18,20,22-23,26,28-29,33,46H,5,7,10,14-17,19,21,24-25,27H2,1-4H3,(H,49,50)/t28-,29-,33?,41?,42?/m1/s1. The molecule has 2 aromatic heterocycles. The third kappa shape index (κ3) is 7.40. The smallest absolute Gasteiger partial charge is 0.329 e. The van der Waals surface area contributed by atoms with Crippen molar-refractivity contribution in [2.75, 3.05) is 19.0 Å². The molecule has 0 amide bonds. The van der Waals surface area contributed by atoms with E-state index in [4.69, 9.17) is 16.3 Å². The van der Waals surface area contributed by atoms with E-state index in [1.807, 2.05) is 54.5 Å². The van der Waals surface area contributed by atoms with Crippen molar-refractivity contribution in [3.63, 3.8) is 0 Å². The van der Waals surface area contributed by atoms with Gasteiger partial charge in [-0.15, -0.1) is 0 Å². The van der Waals surface area contributed by atoms with E-state index in [2.05, 4.69) is 65.6 Å². The van der Waals surface area contributed by atoms with Crippen LogP contribution in [0.25, 0.3) is 0 Å². The number of halogens is 1. The highest BCUT2D eigenvalue weighted by atomic mass is 35.5. The molecule has 3 aliphatic carbocycles. The number of benzene rings is 2. The van der Waals surface area contributed by atoms with Gasteiger partial charge in [0.1, 0.15) is 11.3 Å². The van der Waals surface area contributed by atoms with Gasteiger partial charge in [0.15, 0.2) is 0 Å². The van der Waals surface area contributed by atoms with Crippen LogP contribution in [0.2, 0.25) is 5.02 Å². The number of nitrogens with one attached hydrogen (secondary N) is 1. The molecule has 8 nitrogen and oxygen atoms in total. The van der Waals surface area contributed by atoms with Gasteiger partial charge in [0.25, 0.3) is 0 Å². The minimum absolute atomic E-state index is 0.0964. The van der Waals surface area contributed by atoms with Crippen molar-refractivity contribution in [1.29, 1.82) is 0 Å². The molecule has 3 aliphatic rings. The lowest BCUT2D eigenvalue weighted by Gasteiger charge is -2.47. The van der Waals surface area contributed by atoms with E-state index < -0.39 is 11.5 Å². The molecule has 9 heteroatoms. The van der Waals surface area contributed by atoms with E-state index in [0.29, 0.717) is 42.2 Å². The normalized spacial score (nSPS) is 24.7. The minimum Gasteiger partial charge on any atom is -0.493 e. The number of aromatic nitrogens is 3. The molecular formula is C42H52ClN5O3. The fourth-order valence-electron chi connectivity index (χ4n) is 9.48. The zero-order valence-corrected chi connectivity index (χ0v) is 31.3. The maximum Gasteiger partial charge on any atom is 0.329 e. The van der Waals surface area contributed by atoms with Gasteiger partial charge in [0.05, 0.1) is 12.8 Å². The van der Waals surface area contributed by atoms with Gasteiger partial charge in [-0.05, 0) is 129 Å². The summed E-state index contributed by atoms with van der Waals surface area (Å²) >= 11 is 6.31. The summed E-state index contributed by atoms with van der Waals surface area (Å²) in [5.74, 6) is 1.41. The van der Waals surface area contributed by atoms with Gasteiger partial charge >= 0.3 is 5.97 Å². The summed E-state index contributed by atoms with van der Waals surface area (Å²) in [6.45, 7) is 6.93. The van der Waals surface area contributed by atoms with Crippen molar-refractivity contribution < 1.29 is 14.6 Å². The van der Waals surface area contributed by atoms with Crippen LogP contribution in [-0.2, 0) is 43.2 Å². The summed E-state index contributed by atoms with van der Waals surface area (Å²) < 4.78 is 8.45. The number of hydrogen-bond donors (Lipinski definition) is 2. The Morgan fingerprint density at radius 3 is 2.69 bits per heavy atom. The summed E-state index contributed by atoms with van der Waals surface area (Å²) in [7, 11) is 4.11. The Morgan fingerprint density at radius 1 is 1.14 bits per heavy atom. The molecule has 270 valence electrons. The van der Waals surface area contributed by atoms with Crippen LogP contribution >= 0.6 is 11.6 Å². The first-order chi connectivity index (χ1) is 24.5. The van der Waals surface area contributed by atoms with Crippen LogP contribution < -0.4 is 10.1 Å². The summed E-state index contributed by atoms with van der Waals surface area (Å²) in [5, 5.41) is 19.0. The zero-order valence-electron chi connectivity index (χ0n) is 30.5. The van der Waals surface area contributed by atoms with Crippen molar-refractivity contribution in [3.8, 4) is 5.75 Å². The molecule has 0 radical (unpaired) electrons. The fourth-order valence-corrected chi connectivity index (χ4v) is 9.67. The predicted molar refractivity (Wildman–Crippen MR) is 202 cm³/mol. The number of pyridine rings is 1. The molecule has 51 heavy (non-hydrogen) atoms. The quantitative estimate of drug-likeness (QED) is 0.152. The number of rotatable bonds is 12. The van der Waals surface area contributed by atoms with E-state index in [0.717, 1.165) is 56.6 Å². The number of carbonyl (C=O) groups is 1. The number of anilines is 1. The Kier molecular flexibility index (Phi) is 10.2. The van der Waals surface area contributed by atoms with Crippen molar-refractivity contribution in [3.05, 3.63) is 106 Å². The second-order valence-corrected chi connectivity index (χ2v) is 16.3. The third-order valence-electron chi connectivity index (χ3n) is 12.0. The van der Waals surface area contributed by atoms with Gasteiger partial charge in [0, 0.05) is 60.1 Å². The number of aryl methyl sites for hydroxylation is 2. The molecule has 2 N–H and O–H groups in total. The lowest BCUT2D eigenvalue weighted by atomic mass is 9.59. The molecule has 1 saturated carbocycles. The van der Waals surface area contributed by atoms with Gasteiger partial charge in [-0.3, -0.25) is 14.6 Å². The lowest BCUT2D eigenvalue weighted by molar-refractivity contribution is -0.144. The summed E-state index contributed by atoms with van der Waals surface area (Å²) in [5.41, 5.74) is 7.42. The monoisotopic (exact) mass is 709 g/mol. The molecule has 2 heterocycles. The van der Waals surface area contributed by atoms with Crippen molar-refractivity contribution in [2.24, 2.45) is 18.9 Å². The highest BCUT2D eigenvalue weighted by Crippen LogP contribution is 2.56. The Labute approximate surface area is 307 Å². The summed E-state index contributed by atoms with van der Waals surface area (Å²) in [6.07, 6.45) is 14.0. The van der Waals surface area contributed by atoms with Gasteiger partial charge in [0.2, 0.25) is 0 Å². The molecule has 0 bridgehead atoms. The molecule has 1 spiro atoms. The Bertz CT molecular complexity index is 1860.